The number of nitriles is 1. The summed E-state index contributed by atoms with van der Waals surface area (Å²) in [4.78, 5) is 26.6. The number of aromatic nitrogens is 6. The van der Waals surface area contributed by atoms with E-state index >= 15 is 0 Å². The summed E-state index contributed by atoms with van der Waals surface area (Å²) in [5, 5.41) is 14.2. The molecule has 0 bridgehead atoms. The number of halogens is 2. The predicted octanol–water partition coefficient (Wildman–Crippen LogP) is 2.73. The standard InChI is InChI=1S/C24H19ClFN9O/c1-3-18(36)34-10-15(9-14(34)6-7-27)35-24-19(23(28)29-11-30-24)16(32-35)5-4-13-8-17-22(21(26)20(13)25)33(2)12-31-17/h3,8,11-12,14-15H,1,6,9-10H2,2H3,(H2,28,29,30)/t14-,15-/m0/s1. The number of carbonyl (C=O) groups excluding carboxylic acids is 1. The van der Waals surface area contributed by atoms with Crippen LogP contribution >= 0.6 is 11.6 Å². The molecule has 1 amide bonds. The monoisotopic (exact) mass is 503 g/mol. The maximum atomic E-state index is 14.9. The molecule has 0 radical (unpaired) electrons. The molecule has 0 saturated carbocycles. The van der Waals surface area contributed by atoms with E-state index in [2.05, 4.69) is 44.5 Å². The molecule has 10 nitrogen and oxygen atoms in total. The average molecular weight is 504 g/mol. The smallest absolute Gasteiger partial charge is 0.246 e. The minimum absolute atomic E-state index is 0.125. The Morgan fingerprint density at radius 1 is 1.39 bits per heavy atom. The van der Waals surface area contributed by atoms with Gasteiger partial charge in [-0.25, -0.2) is 24.0 Å². The lowest BCUT2D eigenvalue weighted by molar-refractivity contribution is -0.126. The molecule has 4 aromatic rings. The van der Waals surface area contributed by atoms with Crippen LogP contribution in [-0.4, -0.2) is 52.7 Å². The van der Waals surface area contributed by atoms with Crippen molar-refractivity contribution >= 4 is 45.4 Å². The first kappa shape index (κ1) is 23.3. The van der Waals surface area contributed by atoms with E-state index in [1.165, 1.54) is 18.7 Å². The van der Waals surface area contributed by atoms with Gasteiger partial charge in [-0.05, 0) is 24.5 Å². The van der Waals surface area contributed by atoms with E-state index in [0.717, 1.165) is 0 Å². The Morgan fingerprint density at radius 3 is 2.94 bits per heavy atom. The number of rotatable bonds is 3. The highest BCUT2D eigenvalue weighted by Gasteiger charge is 2.36. The second-order valence-corrected chi connectivity index (χ2v) is 8.75. The molecule has 0 unspecified atom stereocenters. The number of fused-ring (bicyclic) bond motifs is 2. The van der Waals surface area contributed by atoms with Gasteiger partial charge in [0.05, 0.1) is 40.8 Å². The highest BCUT2D eigenvalue weighted by Crippen LogP contribution is 2.33. The lowest BCUT2D eigenvalue weighted by atomic mass is 10.1. The van der Waals surface area contributed by atoms with Gasteiger partial charge in [0.1, 0.15) is 23.4 Å². The number of imidazole rings is 1. The zero-order chi connectivity index (χ0) is 25.6. The summed E-state index contributed by atoms with van der Waals surface area (Å²) >= 11 is 6.27. The number of likely N-dealkylation sites (tertiary alicyclic amines) is 1. The molecule has 0 spiro atoms. The summed E-state index contributed by atoms with van der Waals surface area (Å²) in [6.45, 7) is 3.87. The van der Waals surface area contributed by atoms with Crippen LogP contribution in [0.1, 0.15) is 30.1 Å². The predicted molar refractivity (Wildman–Crippen MR) is 131 cm³/mol. The first-order valence-electron chi connectivity index (χ1n) is 10.9. The Hall–Kier alpha value is -4.48. The number of nitrogens with two attached hydrogens (primary N) is 1. The molecule has 36 heavy (non-hydrogen) atoms. The van der Waals surface area contributed by atoms with Gasteiger partial charge < -0.3 is 15.2 Å². The Kier molecular flexibility index (Phi) is 5.78. The van der Waals surface area contributed by atoms with Crippen molar-refractivity contribution in [1.82, 2.24) is 34.2 Å². The molecular weight excluding hydrogens is 485 g/mol. The van der Waals surface area contributed by atoms with Crippen molar-refractivity contribution in [1.29, 1.82) is 5.26 Å². The summed E-state index contributed by atoms with van der Waals surface area (Å²) in [6, 6.07) is 3.18. The van der Waals surface area contributed by atoms with Crippen molar-refractivity contribution < 1.29 is 9.18 Å². The lowest BCUT2D eigenvalue weighted by Gasteiger charge is -2.20. The van der Waals surface area contributed by atoms with E-state index in [1.54, 1.807) is 27.3 Å². The van der Waals surface area contributed by atoms with Crippen LogP contribution in [-0.2, 0) is 11.8 Å². The van der Waals surface area contributed by atoms with Gasteiger partial charge in [-0.1, -0.05) is 24.1 Å². The second kappa shape index (κ2) is 8.95. The number of amides is 1. The van der Waals surface area contributed by atoms with Crippen LogP contribution in [0, 0.1) is 29.0 Å². The van der Waals surface area contributed by atoms with Gasteiger partial charge in [0, 0.05) is 25.2 Å². The SMILES string of the molecule is C=CC(=O)N1C[C@@H](n2nc(C#Cc3cc4ncn(C)c4c(F)c3Cl)c3c(N)ncnc32)C[C@@H]1CC#N. The van der Waals surface area contributed by atoms with E-state index in [0.29, 0.717) is 29.5 Å². The van der Waals surface area contributed by atoms with Gasteiger partial charge in [0.2, 0.25) is 5.91 Å². The molecule has 12 heteroatoms. The van der Waals surface area contributed by atoms with Gasteiger partial charge in [-0.2, -0.15) is 10.4 Å². The number of hydrogen-bond acceptors (Lipinski definition) is 7. The molecule has 1 aliphatic heterocycles. The van der Waals surface area contributed by atoms with Crippen LogP contribution < -0.4 is 5.73 Å². The molecule has 1 fully saturated rings. The second-order valence-electron chi connectivity index (χ2n) is 8.38. The highest BCUT2D eigenvalue weighted by atomic mass is 35.5. The fourth-order valence-corrected chi connectivity index (χ4v) is 4.75. The normalized spacial score (nSPS) is 17.2. The highest BCUT2D eigenvalue weighted by molar-refractivity contribution is 6.32. The average Bonchev–Trinajstić information content (AvgIpc) is 3.56. The number of benzene rings is 1. The maximum absolute atomic E-state index is 14.9. The molecule has 1 aliphatic rings. The van der Waals surface area contributed by atoms with Crippen LogP contribution in [0.15, 0.2) is 31.4 Å². The number of hydrogen-bond donors (Lipinski definition) is 1. The molecular formula is C24H19ClFN9O. The van der Waals surface area contributed by atoms with Crippen LogP contribution in [0.4, 0.5) is 10.2 Å². The molecule has 2 atom stereocenters. The van der Waals surface area contributed by atoms with E-state index in [1.807, 2.05) is 0 Å². The van der Waals surface area contributed by atoms with Crippen molar-refractivity contribution in [3.05, 3.63) is 53.5 Å². The summed E-state index contributed by atoms with van der Waals surface area (Å²) in [7, 11) is 1.68. The summed E-state index contributed by atoms with van der Waals surface area (Å²) in [5.41, 5.74) is 7.82. The zero-order valence-corrected chi connectivity index (χ0v) is 19.9. The number of anilines is 1. The summed E-state index contributed by atoms with van der Waals surface area (Å²) < 4.78 is 18.1. The summed E-state index contributed by atoms with van der Waals surface area (Å²) in [6.07, 6.45) is 4.72. The molecule has 2 N–H and O–H groups in total. The van der Waals surface area contributed by atoms with Crippen molar-refractivity contribution in [3.8, 4) is 17.9 Å². The van der Waals surface area contributed by atoms with Gasteiger partial charge in [0.25, 0.3) is 0 Å². The maximum Gasteiger partial charge on any atom is 0.246 e. The summed E-state index contributed by atoms with van der Waals surface area (Å²) in [5.74, 6) is 5.12. The van der Waals surface area contributed by atoms with E-state index in [4.69, 9.17) is 17.3 Å². The third-order valence-corrected chi connectivity index (χ3v) is 6.61. The third-order valence-electron chi connectivity index (χ3n) is 6.24. The Balaban J connectivity index is 1.60. The molecule has 1 aromatic carbocycles. The minimum Gasteiger partial charge on any atom is -0.383 e. The number of aryl methyl sites for hydroxylation is 1. The van der Waals surface area contributed by atoms with Crippen molar-refractivity contribution in [2.75, 3.05) is 12.3 Å². The first-order chi connectivity index (χ1) is 17.3. The van der Waals surface area contributed by atoms with Crippen molar-refractivity contribution in [2.45, 2.75) is 24.9 Å². The number of carbonyl (C=O) groups is 1. The Bertz CT molecular complexity index is 1660. The van der Waals surface area contributed by atoms with E-state index < -0.39 is 5.82 Å². The molecule has 1 saturated heterocycles. The van der Waals surface area contributed by atoms with Gasteiger partial charge >= 0.3 is 0 Å². The van der Waals surface area contributed by atoms with Gasteiger partial charge in [0.15, 0.2) is 11.5 Å². The third kappa shape index (κ3) is 3.70. The van der Waals surface area contributed by atoms with Crippen molar-refractivity contribution in [3.63, 3.8) is 0 Å². The van der Waals surface area contributed by atoms with E-state index in [9.17, 15) is 14.4 Å². The molecule has 0 aliphatic carbocycles. The number of nitrogens with zero attached hydrogens (tertiary/aromatic N) is 8. The van der Waals surface area contributed by atoms with Gasteiger partial charge in [-0.3, -0.25) is 4.79 Å². The lowest BCUT2D eigenvalue weighted by Crippen LogP contribution is -2.34. The van der Waals surface area contributed by atoms with Crippen LogP contribution in [0.3, 0.4) is 0 Å². The minimum atomic E-state index is -0.613. The Labute approximate surface area is 209 Å². The molecule has 3 aromatic heterocycles. The molecule has 4 heterocycles. The van der Waals surface area contributed by atoms with Crippen LogP contribution in [0.2, 0.25) is 5.02 Å². The fraction of sp³-hybridized carbons (Fsp3) is 0.250. The molecule has 180 valence electrons. The Morgan fingerprint density at radius 2 is 2.19 bits per heavy atom. The fourth-order valence-electron chi connectivity index (χ4n) is 4.55. The first-order valence-corrected chi connectivity index (χ1v) is 11.3. The zero-order valence-electron chi connectivity index (χ0n) is 19.1. The van der Waals surface area contributed by atoms with E-state index in [-0.39, 0.29) is 52.0 Å². The largest absolute Gasteiger partial charge is 0.383 e. The van der Waals surface area contributed by atoms with Crippen molar-refractivity contribution in [2.24, 2.45) is 7.05 Å². The van der Waals surface area contributed by atoms with Crippen LogP contribution in [0.5, 0.6) is 0 Å². The van der Waals surface area contributed by atoms with Gasteiger partial charge in [-0.15, -0.1) is 0 Å². The molecule has 5 rings (SSSR count). The van der Waals surface area contributed by atoms with Crippen LogP contribution in [0.25, 0.3) is 22.1 Å². The quantitative estimate of drug-likeness (QED) is 0.336. The number of nitrogen functional groups attached to an aromatic ring is 1. The topological polar surface area (TPSA) is 132 Å².